The van der Waals surface area contributed by atoms with E-state index in [1.165, 1.54) is 6.42 Å². The van der Waals surface area contributed by atoms with Crippen molar-refractivity contribution >= 4 is 29.2 Å². The van der Waals surface area contributed by atoms with Gasteiger partial charge in [0, 0.05) is 23.9 Å². The Hall–Kier alpha value is -0.970. The van der Waals surface area contributed by atoms with E-state index >= 15 is 0 Å². The molecular weight excluding hydrogens is 361 g/mol. The van der Waals surface area contributed by atoms with Gasteiger partial charge in [0.15, 0.2) is 0 Å². The van der Waals surface area contributed by atoms with Crippen molar-refractivity contribution in [1.82, 2.24) is 4.90 Å². The van der Waals surface area contributed by atoms with Gasteiger partial charge in [0.25, 0.3) is 0 Å². The monoisotopic (exact) mass is 387 g/mol. The molecule has 0 bridgehead atoms. The summed E-state index contributed by atoms with van der Waals surface area (Å²) < 4.78 is 11.3. The second-order valence-electron chi connectivity index (χ2n) is 6.86. The van der Waals surface area contributed by atoms with Gasteiger partial charge in [-0.15, -0.1) is 0 Å². The molecule has 1 aliphatic carbocycles. The third-order valence-electron chi connectivity index (χ3n) is 4.40. The molecule has 1 fully saturated rings. The summed E-state index contributed by atoms with van der Waals surface area (Å²) in [7, 11) is 4.12. The van der Waals surface area contributed by atoms with Gasteiger partial charge >= 0.3 is 5.97 Å². The maximum atomic E-state index is 12.1. The number of hydrogen-bond donors (Lipinski definition) is 0. The summed E-state index contributed by atoms with van der Waals surface area (Å²) in [4.78, 5) is 14.3. The van der Waals surface area contributed by atoms with Crippen molar-refractivity contribution in [2.75, 3.05) is 27.2 Å². The molecule has 0 spiro atoms. The average molecular weight is 388 g/mol. The largest absolute Gasteiger partial charge is 0.492 e. The Kier molecular flexibility index (Phi) is 8.34. The molecule has 4 nitrogen and oxygen atoms in total. The fourth-order valence-corrected chi connectivity index (χ4v) is 3.69. The lowest BCUT2D eigenvalue weighted by molar-refractivity contribution is -0.154. The van der Waals surface area contributed by atoms with Crippen molar-refractivity contribution in [2.24, 2.45) is 5.92 Å². The molecule has 1 saturated carbocycles. The van der Waals surface area contributed by atoms with Crippen LogP contribution in [0.4, 0.5) is 0 Å². The highest BCUT2D eigenvalue weighted by atomic mass is 35.5. The van der Waals surface area contributed by atoms with Gasteiger partial charge < -0.3 is 14.4 Å². The van der Waals surface area contributed by atoms with Gasteiger partial charge in [-0.2, -0.15) is 0 Å². The van der Waals surface area contributed by atoms with E-state index in [1.54, 1.807) is 18.2 Å². The average Bonchev–Trinajstić information content (AvgIpc) is 2.54. The number of carbonyl (C=O) groups is 1. The van der Waals surface area contributed by atoms with Crippen molar-refractivity contribution in [3.05, 3.63) is 28.2 Å². The summed E-state index contributed by atoms with van der Waals surface area (Å²) in [5, 5.41) is 1.05. The summed E-state index contributed by atoms with van der Waals surface area (Å²) >= 11 is 11.9. The molecule has 6 heteroatoms. The number of ether oxygens (including phenoxy) is 2. The number of rotatable bonds is 8. The van der Waals surface area contributed by atoms with Gasteiger partial charge in [0.05, 0.1) is 11.6 Å². The highest BCUT2D eigenvalue weighted by Gasteiger charge is 2.28. The molecule has 0 N–H and O–H groups in total. The lowest BCUT2D eigenvalue weighted by Gasteiger charge is -2.32. The summed E-state index contributed by atoms with van der Waals surface area (Å²) in [5.74, 6) is 0.885. The zero-order valence-electron chi connectivity index (χ0n) is 15.0. The predicted molar refractivity (Wildman–Crippen MR) is 102 cm³/mol. The quantitative estimate of drug-likeness (QED) is 0.473. The van der Waals surface area contributed by atoms with Gasteiger partial charge in [-0.3, -0.25) is 4.79 Å². The first kappa shape index (κ1) is 20.3. The molecular formula is C19H27Cl2NO3. The maximum absolute atomic E-state index is 12.1. The predicted octanol–water partition coefficient (Wildman–Crippen LogP) is 4.82. The van der Waals surface area contributed by atoms with Gasteiger partial charge in [-0.25, -0.2) is 0 Å². The molecule has 140 valence electrons. The second-order valence-corrected chi connectivity index (χ2v) is 7.71. The van der Waals surface area contributed by atoms with Crippen LogP contribution in [0.2, 0.25) is 10.0 Å². The Morgan fingerprint density at radius 1 is 1.24 bits per heavy atom. The van der Waals surface area contributed by atoms with Crippen molar-refractivity contribution in [2.45, 2.75) is 44.6 Å². The summed E-state index contributed by atoms with van der Waals surface area (Å²) in [6.45, 7) is 1.39. The molecule has 0 unspecified atom stereocenters. The van der Waals surface area contributed by atoms with Crippen LogP contribution in [0.15, 0.2) is 18.2 Å². The number of esters is 1. The minimum atomic E-state index is -0.138. The minimum Gasteiger partial charge on any atom is -0.492 e. The highest BCUT2D eigenvalue weighted by Crippen LogP contribution is 2.29. The van der Waals surface area contributed by atoms with Crippen LogP contribution < -0.4 is 4.74 Å². The normalized spacial score (nSPS) is 20.5. The van der Waals surface area contributed by atoms with E-state index in [2.05, 4.69) is 19.0 Å². The van der Waals surface area contributed by atoms with Crippen LogP contribution in [0.5, 0.6) is 5.75 Å². The lowest BCUT2D eigenvalue weighted by atomic mass is 9.86. The molecule has 0 heterocycles. The van der Waals surface area contributed by atoms with Crippen LogP contribution >= 0.6 is 23.2 Å². The first-order chi connectivity index (χ1) is 12.0. The van der Waals surface area contributed by atoms with Crippen molar-refractivity contribution in [1.29, 1.82) is 0 Å². The zero-order valence-corrected chi connectivity index (χ0v) is 16.5. The maximum Gasteiger partial charge on any atom is 0.306 e. The molecule has 0 saturated heterocycles. The van der Waals surface area contributed by atoms with Gasteiger partial charge in [-0.05, 0) is 58.0 Å². The first-order valence-electron chi connectivity index (χ1n) is 8.88. The third kappa shape index (κ3) is 7.04. The standard InChI is InChI=1S/C19H27Cl2NO3/c1-22(2)13-14-6-3-4-7-17(14)25-19(23)8-5-11-24-18-10-9-15(20)12-16(18)21/h9-10,12,14,17H,3-8,11,13H2,1-2H3/t14-,17-/m1/s1. The van der Waals surface area contributed by atoms with E-state index in [4.69, 9.17) is 32.7 Å². The molecule has 25 heavy (non-hydrogen) atoms. The van der Waals surface area contributed by atoms with E-state index in [0.717, 1.165) is 25.8 Å². The molecule has 1 aromatic rings. The van der Waals surface area contributed by atoms with Crippen molar-refractivity contribution in [3.8, 4) is 5.75 Å². The molecule has 1 aliphatic rings. The molecule has 2 rings (SSSR count). The fourth-order valence-electron chi connectivity index (χ4n) is 3.23. The van der Waals surface area contributed by atoms with Crippen LogP contribution in [0, 0.1) is 5.92 Å². The van der Waals surface area contributed by atoms with Gasteiger partial charge in [0.1, 0.15) is 11.9 Å². The van der Waals surface area contributed by atoms with Crippen LogP contribution in [0.3, 0.4) is 0 Å². The van der Waals surface area contributed by atoms with E-state index < -0.39 is 0 Å². The summed E-state index contributed by atoms with van der Waals surface area (Å²) in [6, 6.07) is 5.10. The Morgan fingerprint density at radius 3 is 2.72 bits per heavy atom. The molecule has 2 atom stereocenters. The van der Waals surface area contributed by atoms with Crippen LogP contribution in [-0.4, -0.2) is 44.2 Å². The van der Waals surface area contributed by atoms with Crippen molar-refractivity contribution in [3.63, 3.8) is 0 Å². The van der Waals surface area contributed by atoms with E-state index in [-0.39, 0.29) is 12.1 Å². The van der Waals surface area contributed by atoms with Gasteiger partial charge in [0.2, 0.25) is 0 Å². The highest BCUT2D eigenvalue weighted by molar-refractivity contribution is 6.35. The van der Waals surface area contributed by atoms with Crippen LogP contribution in [0.1, 0.15) is 38.5 Å². The topological polar surface area (TPSA) is 38.8 Å². The SMILES string of the molecule is CN(C)C[C@H]1CCCC[C@H]1OC(=O)CCCOc1ccc(Cl)cc1Cl. The van der Waals surface area contributed by atoms with Crippen LogP contribution in [0.25, 0.3) is 0 Å². The zero-order chi connectivity index (χ0) is 18.2. The summed E-state index contributed by atoms with van der Waals surface area (Å²) in [6.07, 6.45) is 5.48. The minimum absolute atomic E-state index is 0.0512. The molecule has 0 amide bonds. The number of benzene rings is 1. The Labute approximate surface area is 160 Å². The first-order valence-corrected chi connectivity index (χ1v) is 9.63. The van der Waals surface area contributed by atoms with E-state index in [9.17, 15) is 4.79 Å². The van der Waals surface area contributed by atoms with E-state index in [1.807, 2.05) is 0 Å². The second kappa shape index (κ2) is 10.2. The number of halogens is 2. The van der Waals surface area contributed by atoms with Gasteiger partial charge in [-0.1, -0.05) is 29.6 Å². The third-order valence-corrected chi connectivity index (χ3v) is 4.93. The molecule has 1 aromatic carbocycles. The number of nitrogens with zero attached hydrogens (tertiary/aromatic N) is 1. The lowest BCUT2D eigenvalue weighted by Crippen LogP contribution is -2.36. The Morgan fingerprint density at radius 2 is 2.00 bits per heavy atom. The number of carbonyl (C=O) groups excluding carboxylic acids is 1. The molecule has 0 radical (unpaired) electrons. The summed E-state index contributed by atoms with van der Waals surface area (Å²) in [5.41, 5.74) is 0. The van der Waals surface area contributed by atoms with Crippen molar-refractivity contribution < 1.29 is 14.3 Å². The fraction of sp³-hybridized carbons (Fsp3) is 0.632. The Bertz CT molecular complexity index is 566. The molecule has 0 aromatic heterocycles. The Balaban J connectivity index is 1.70. The van der Waals surface area contributed by atoms with Crippen LogP contribution in [-0.2, 0) is 9.53 Å². The van der Waals surface area contributed by atoms with E-state index in [0.29, 0.717) is 41.2 Å². The number of hydrogen-bond acceptors (Lipinski definition) is 4. The smallest absolute Gasteiger partial charge is 0.306 e. The molecule has 0 aliphatic heterocycles.